The molecule has 0 radical (unpaired) electrons. The van der Waals surface area contributed by atoms with E-state index in [1.165, 1.54) is 66.6 Å². The highest BCUT2D eigenvalue weighted by atomic mass is 32.2. The molecule has 0 unspecified atom stereocenters. The van der Waals surface area contributed by atoms with E-state index in [-0.39, 0.29) is 35.2 Å². The van der Waals surface area contributed by atoms with Crippen LogP contribution in [0.4, 0.5) is 14.5 Å². The zero-order chi connectivity index (χ0) is 33.3. The first-order chi connectivity index (χ1) is 22.0. The number of carbonyl (C=O) groups is 2. The summed E-state index contributed by atoms with van der Waals surface area (Å²) >= 11 is 0. The number of carbonyl (C=O) groups excluding carboxylic acids is 2. The molecule has 0 saturated heterocycles. The minimum Gasteiger partial charge on any atom is -0.497 e. The van der Waals surface area contributed by atoms with E-state index in [1.807, 2.05) is 32.0 Å². The third-order valence-corrected chi connectivity index (χ3v) is 9.40. The predicted molar refractivity (Wildman–Crippen MR) is 173 cm³/mol. The molecule has 0 aliphatic carbocycles. The molecule has 242 valence electrons. The Morgan fingerprint density at radius 1 is 0.870 bits per heavy atom. The summed E-state index contributed by atoms with van der Waals surface area (Å²) in [7, 11) is -2.95. The maximum atomic E-state index is 15.0. The Morgan fingerprint density at radius 2 is 1.50 bits per heavy atom. The van der Waals surface area contributed by atoms with E-state index >= 15 is 4.39 Å². The van der Waals surface area contributed by atoms with Crippen LogP contribution in [0, 0.1) is 11.6 Å². The van der Waals surface area contributed by atoms with Gasteiger partial charge < -0.3 is 15.0 Å². The Kier molecular flexibility index (Phi) is 11.5. The van der Waals surface area contributed by atoms with Crippen LogP contribution in [-0.4, -0.2) is 50.9 Å². The van der Waals surface area contributed by atoms with Crippen molar-refractivity contribution < 1.29 is 31.5 Å². The van der Waals surface area contributed by atoms with Crippen LogP contribution >= 0.6 is 0 Å². The molecule has 2 amide bonds. The Bertz CT molecular complexity index is 1720. The van der Waals surface area contributed by atoms with Crippen molar-refractivity contribution in [2.75, 3.05) is 18.0 Å². The zero-order valence-corrected chi connectivity index (χ0v) is 26.7. The monoisotopic (exact) mass is 649 g/mol. The quantitative estimate of drug-likeness (QED) is 0.189. The summed E-state index contributed by atoms with van der Waals surface area (Å²) in [6.07, 6.45) is 0.717. The molecule has 0 aliphatic heterocycles. The lowest BCUT2D eigenvalue weighted by molar-refractivity contribution is -0.140. The molecule has 4 aromatic rings. The normalized spacial score (nSPS) is 12.5. The number of halogens is 2. The van der Waals surface area contributed by atoms with E-state index in [0.717, 1.165) is 22.0 Å². The largest absolute Gasteiger partial charge is 0.497 e. The summed E-state index contributed by atoms with van der Waals surface area (Å²) < 4.78 is 63.0. The molecule has 8 nitrogen and oxygen atoms in total. The van der Waals surface area contributed by atoms with Crippen molar-refractivity contribution in [2.45, 2.75) is 50.2 Å². The molecule has 0 heterocycles. The van der Waals surface area contributed by atoms with Gasteiger partial charge in [-0.1, -0.05) is 55.5 Å². The number of sulfonamides is 1. The number of anilines is 1. The van der Waals surface area contributed by atoms with Crippen LogP contribution in [0.5, 0.6) is 5.75 Å². The van der Waals surface area contributed by atoms with Gasteiger partial charge in [0.1, 0.15) is 30.0 Å². The number of amides is 2. The number of hydrogen-bond donors (Lipinski definition) is 1. The summed E-state index contributed by atoms with van der Waals surface area (Å²) in [5.41, 5.74) is 0.927. The first kappa shape index (κ1) is 34.1. The third kappa shape index (κ3) is 8.48. The standard InChI is InChI=1S/C35H37F2N3O5S/c1-4-25(2)38-35(42)33(22-26-10-6-5-7-11-26)39(23-27-12-8-9-13-32(27)37)34(41)24-40(29-16-14-28(36)15-17-29)46(43,44)31-20-18-30(45-3)19-21-31/h5-21,25,33H,4,22-24H2,1-3H3,(H,38,42)/t25-,33-/m0/s1. The molecule has 0 aliphatic rings. The summed E-state index contributed by atoms with van der Waals surface area (Å²) in [5.74, 6) is -1.97. The molecule has 0 aromatic heterocycles. The van der Waals surface area contributed by atoms with Gasteiger partial charge in [0.25, 0.3) is 10.0 Å². The fourth-order valence-electron chi connectivity index (χ4n) is 4.82. The molecule has 0 bridgehead atoms. The number of rotatable bonds is 14. The Hall–Kier alpha value is -4.77. The summed E-state index contributed by atoms with van der Waals surface area (Å²) in [4.78, 5) is 29.3. The van der Waals surface area contributed by atoms with Crippen LogP contribution in [0.3, 0.4) is 0 Å². The van der Waals surface area contributed by atoms with Crippen LogP contribution in [0.15, 0.2) is 108 Å². The van der Waals surface area contributed by atoms with Crippen LogP contribution in [0.25, 0.3) is 0 Å². The molecular formula is C35H37F2N3O5S. The zero-order valence-electron chi connectivity index (χ0n) is 25.9. The van der Waals surface area contributed by atoms with Crippen molar-refractivity contribution >= 4 is 27.5 Å². The molecule has 11 heteroatoms. The highest BCUT2D eigenvalue weighted by Gasteiger charge is 2.35. The molecular weight excluding hydrogens is 612 g/mol. The minimum absolute atomic E-state index is 0.0278. The van der Waals surface area contributed by atoms with Crippen molar-refractivity contribution in [3.63, 3.8) is 0 Å². The number of nitrogens with zero attached hydrogens (tertiary/aromatic N) is 2. The van der Waals surface area contributed by atoms with Gasteiger partial charge in [0.15, 0.2) is 0 Å². The van der Waals surface area contributed by atoms with E-state index in [0.29, 0.717) is 12.2 Å². The number of ether oxygens (including phenoxy) is 1. The Balaban J connectivity index is 1.81. The van der Waals surface area contributed by atoms with Crippen LogP contribution < -0.4 is 14.4 Å². The van der Waals surface area contributed by atoms with Gasteiger partial charge in [0.05, 0.1) is 17.7 Å². The van der Waals surface area contributed by atoms with Gasteiger partial charge in [-0.05, 0) is 73.5 Å². The average molecular weight is 650 g/mol. The summed E-state index contributed by atoms with van der Waals surface area (Å²) in [6.45, 7) is 2.68. The fourth-order valence-corrected chi connectivity index (χ4v) is 6.23. The minimum atomic E-state index is -4.40. The summed E-state index contributed by atoms with van der Waals surface area (Å²) in [6, 6.07) is 23.9. The highest BCUT2D eigenvalue weighted by molar-refractivity contribution is 7.92. The van der Waals surface area contributed by atoms with Gasteiger partial charge in [-0.3, -0.25) is 13.9 Å². The third-order valence-electron chi connectivity index (χ3n) is 7.61. The first-order valence-electron chi connectivity index (χ1n) is 14.8. The van der Waals surface area contributed by atoms with Crippen LogP contribution in [0.2, 0.25) is 0 Å². The maximum Gasteiger partial charge on any atom is 0.264 e. The van der Waals surface area contributed by atoms with Gasteiger partial charge in [-0.15, -0.1) is 0 Å². The van der Waals surface area contributed by atoms with Gasteiger partial charge in [0, 0.05) is 24.6 Å². The first-order valence-corrected chi connectivity index (χ1v) is 16.3. The lowest BCUT2D eigenvalue weighted by atomic mass is 10.0. The molecule has 46 heavy (non-hydrogen) atoms. The van der Waals surface area contributed by atoms with E-state index < -0.39 is 46.1 Å². The smallest absolute Gasteiger partial charge is 0.264 e. The molecule has 4 aromatic carbocycles. The van der Waals surface area contributed by atoms with Crippen molar-refractivity contribution in [2.24, 2.45) is 0 Å². The fraction of sp³-hybridized carbons (Fsp3) is 0.257. The number of methoxy groups -OCH3 is 1. The van der Waals surface area contributed by atoms with E-state index in [9.17, 15) is 22.4 Å². The van der Waals surface area contributed by atoms with Crippen molar-refractivity contribution in [3.8, 4) is 5.75 Å². The SMILES string of the molecule is CC[C@H](C)NC(=O)[C@H](Cc1ccccc1)N(Cc1ccccc1F)C(=O)CN(c1ccc(F)cc1)S(=O)(=O)c1ccc(OC)cc1. The summed E-state index contributed by atoms with van der Waals surface area (Å²) in [5, 5.41) is 2.93. The van der Waals surface area contributed by atoms with Crippen LogP contribution in [-0.2, 0) is 32.6 Å². The molecule has 2 atom stereocenters. The maximum absolute atomic E-state index is 15.0. The average Bonchev–Trinajstić information content (AvgIpc) is 3.06. The second-order valence-corrected chi connectivity index (χ2v) is 12.7. The lowest BCUT2D eigenvalue weighted by Crippen LogP contribution is -2.54. The van der Waals surface area contributed by atoms with E-state index in [1.54, 1.807) is 18.2 Å². The molecule has 4 rings (SSSR count). The van der Waals surface area contributed by atoms with Crippen molar-refractivity contribution in [1.82, 2.24) is 10.2 Å². The molecule has 1 N–H and O–H groups in total. The number of benzene rings is 4. The van der Waals surface area contributed by atoms with Crippen LogP contribution in [0.1, 0.15) is 31.4 Å². The second kappa shape index (κ2) is 15.5. The Morgan fingerprint density at radius 3 is 2.11 bits per heavy atom. The van der Waals surface area contributed by atoms with Gasteiger partial charge >= 0.3 is 0 Å². The Labute approximate surface area is 268 Å². The topological polar surface area (TPSA) is 96.0 Å². The van der Waals surface area contributed by atoms with Gasteiger partial charge in [-0.2, -0.15) is 0 Å². The number of hydrogen-bond acceptors (Lipinski definition) is 5. The lowest BCUT2D eigenvalue weighted by Gasteiger charge is -2.34. The molecule has 0 fully saturated rings. The van der Waals surface area contributed by atoms with Crippen molar-refractivity contribution in [3.05, 3.63) is 126 Å². The second-order valence-electron chi connectivity index (χ2n) is 10.8. The predicted octanol–water partition coefficient (Wildman–Crippen LogP) is 5.72. The molecule has 0 saturated carbocycles. The van der Waals surface area contributed by atoms with Gasteiger partial charge in [0.2, 0.25) is 11.8 Å². The van der Waals surface area contributed by atoms with Crippen molar-refractivity contribution in [1.29, 1.82) is 0 Å². The van der Waals surface area contributed by atoms with E-state index in [4.69, 9.17) is 4.74 Å². The number of nitrogens with one attached hydrogen (secondary N) is 1. The van der Waals surface area contributed by atoms with Gasteiger partial charge in [-0.25, -0.2) is 17.2 Å². The highest BCUT2D eigenvalue weighted by Crippen LogP contribution is 2.27. The molecule has 0 spiro atoms. The van der Waals surface area contributed by atoms with E-state index in [2.05, 4.69) is 5.32 Å².